The summed E-state index contributed by atoms with van der Waals surface area (Å²) in [5.41, 5.74) is 6.77. The van der Waals surface area contributed by atoms with E-state index in [0.717, 1.165) is 50.0 Å². The van der Waals surface area contributed by atoms with E-state index in [0.29, 0.717) is 5.95 Å². The number of nitrogens with two attached hydrogens (primary N) is 1. The maximum absolute atomic E-state index is 5.84. The molecule has 1 aliphatic heterocycles. The molecule has 136 valence electrons. The number of hydrogen-bond donors (Lipinski definition) is 1. The molecule has 1 fully saturated rings. The fourth-order valence-electron chi connectivity index (χ4n) is 2.97. The van der Waals surface area contributed by atoms with Crippen LogP contribution in [-0.4, -0.2) is 70.2 Å². The van der Waals surface area contributed by atoms with Gasteiger partial charge >= 0.3 is 0 Å². The Morgan fingerprint density at radius 1 is 1.20 bits per heavy atom. The normalized spacial score (nSPS) is 17.6. The first-order valence-electron chi connectivity index (χ1n) is 8.49. The summed E-state index contributed by atoms with van der Waals surface area (Å²) in [5, 5.41) is 3.95. The second kappa shape index (κ2) is 7.32. The largest absolute Gasteiger partial charge is 0.368 e. The summed E-state index contributed by atoms with van der Waals surface area (Å²) in [6.45, 7) is 8.66. The topological polar surface area (TPSA) is 100 Å². The van der Waals surface area contributed by atoms with Crippen molar-refractivity contribution in [3.05, 3.63) is 23.3 Å². The number of aryl methyl sites for hydroxylation is 1. The summed E-state index contributed by atoms with van der Waals surface area (Å²) in [6, 6.07) is 2.09. The molecular weight excluding hydrogens is 320 g/mol. The van der Waals surface area contributed by atoms with E-state index in [1.807, 2.05) is 32.0 Å². The van der Waals surface area contributed by atoms with Crippen LogP contribution in [-0.2, 0) is 6.54 Å². The number of rotatable bonds is 5. The second-order valence-electron chi connectivity index (χ2n) is 6.67. The molecule has 0 radical (unpaired) electrons. The fourth-order valence-corrected chi connectivity index (χ4v) is 2.97. The SMILES string of the molecule is Cc1cc(CN2CCN(C(C)c3nc(N)nc(N(C)C)n3)CC2)on1. The van der Waals surface area contributed by atoms with E-state index < -0.39 is 0 Å². The standard InChI is InChI=1S/C16H26N8O/c1-11-9-13(25-21-11)10-23-5-7-24(8-6-23)12(2)14-18-15(17)20-16(19-14)22(3)4/h9,12H,5-8,10H2,1-4H3,(H2,17,18,19,20). The lowest BCUT2D eigenvalue weighted by molar-refractivity contribution is 0.0888. The Kier molecular flexibility index (Phi) is 5.14. The van der Waals surface area contributed by atoms with Crippen LogP contribution in [0.1, 0.15) is 30.2 Å². The molecule has 0 bridgehead atoms. The molecule has 3 rings (SSSR count). The third kappa shape index (κ3) is 4.23. The van der Waals surface area contributed by atoms with Crippen molar-refractivity contribution in [1.29, 1.82) is 0 Å². The van der Waals surface area contributed by atoms with Crippen LogP contribution in [0.4, 0.5) is 11.9 Å². The monoisotopic (exact) mass is 346 g/mol. The van der Waals surface area contributed by atoms with Gasteiger partial charge in [0, 0.05) is 46.3 Å². The lowest BCUT2D eigenvalue weighted by atomic mass is 10.2. The van der Waals surface area contributed by atoms with E-state index in [2.05, 4.69) is 36.8 Å². The number of nitrogens with zero attached hydrogens (tertiary/aromatic N) is 7. The minimum Gasteiger partial charge on any atom is -0.368 e. The zero-order valence-corrected chi connectivity index (χ0v) is 15.3. The lowest BCUT2D eigenvalue weighted by Gasteiger charge is -2.37. The van der Waals surface area contributed by atoms with Gasteiger partial charge in [0.1, 0.15) is 0 Å². The molecule has 9 nitrogen and oxygen atoms in total. The highest BCUT2D eigenvalue weighted by molar-refractivity contribution is 5.33. The number of piperazine rings is 1. The van der Waals surface area contributed by atoms with E-state index in [1.165, 1.54) is 0 Å². The number of anilines is 2. The van der Waals surface area contributed by atoms with Crippen LogP contribution in [0.15, 0.2) is 10.6 Å². The fraction of sp³-hybridized carbons (Fsp3) is 0.625. The van der Waals surface area contributed by atoms with Gasteiger partial charge in [0.2, 0.25) is 11.9 Å². The van der Waals surface area contributed by atoms with Crippen LogP contribution in [0.25, 0.3) is 0 Å². The van der Waals surface area contributed by atoms with Crippen molar-refractivity contribution in [2.75, 3.05) is 50.9 Å². The Hall–Kier alpha value is -2.26. The summed E-state index contributed by atoms with van der Waals surface area (Å²) >= 11 is 0. The molecule has 0 aromatic carbocycles. The van der Waals surface area contributed by atoms with Gasteiger partial charge in [0.25, 0.3) is 0 Å². The van der Waals surface area contributed by atoms with Crippen molar-refractivity contribution >= 4 is 11.9 Å². The first-order chi connectivity index (χ1) is 11.9. The zero-order valence-electron chi connectivity index (χ0n) is 15.3. The van der Waals surface area contributed by atoms with E-state index in [4.69, 9.17) is 10.3 Å². The average molecular weight is 346 g/mol. The Labute approximate surface area is 147 Å². The molecule has 1 saturated heterocycles. The summed E-state index contributed by atoms with van der Waals surface area (Å²) in [4.78, 5) is 19.6. The predicted octanol–water partition coefficient (Wildman–Crippen LogP) is 0.695. The van der Waals surface area contributed by atoms with Crippen LogP contribution in [0.2, 0.25) is 0 Å². The molecule has 3 heterocycles. The van der Waals surface area contributed by atoms with Gasteiger partial charge in [-0.15, -0.1) is 0 Å². The van der Waals surface area contributed by atoms with E-state index in [-0.39, 0.29) is 12.0 Å². The van der Waals surface area contributed by atoms with Crippen LogP contribution in [0, 0.1) is 6.92 Å². The third-order valence-corrected chi connectivity index (χ3v) is 4.44. The zero-order chi connectivity index (χ0) is 18.0. The lowest BCUT2D eigenvalue weighted by Crippen LogP contribution is -2.47. The van der Waals surface area contributed by atoms with Crippen molar-refractivity contribution in [3.63, 3.8) is 0 Å². The number of hydrogen-bond acceptors (Lipinski definition) is 9. The molecule has 2 aromatic heterocycles. The van der Waals surface area contributed by atoms with E-state index in [9.17, 15) is 0 Å². The summed E-state index contributed by atoms with van der Waals surface area (Å²) in [5.74, 6) is 2.49. The van der Waals surface area contributed by atoms with Gasteiger partial charge in [-0.3, -0.25) is 9.80 Å². The molecule has 1 unspecified atom stereocenters. The first kappa shape index (κ1) is 17.6. The molecule has 25 heavy (non-hydrogen) atoms. The van der Waals surface area contributed by atoms with Crippen LogP contribution in [0.5, 0.6) is 0 Å². The van der Waals surface area contributed by atoms with Crippen LogP contribution in [0.3, 0.4) is 0 Å². The van der Waals surface area contributed by atoms with Gasteiger partial charge < -0.3 is 15.2 Å². The van der Waals surface area contributed by atoms with Crippen LogP contribution >= 0.6 is 0 Å². The van der Waals surface area contributed by atoms with E-state index in [1.54, 1.807) is 0 Å². The minimum absolute atomic E-state index is 0.0960. The Bertz CT molecular complexity index is 708. The first-order valence-corrected chi connectivity index (χ1v) is 8.49. The highest BCUT2D eigenvalue weighted by atomic mass is 16.5. The van der Waals surface area contributed by atoms with Crippen molar-refractivity contribution < 1.29 is 4.52 Å². The third-order valence-electron chi connectivity index (χ3n) is 4.44. The van der Waals surface area contributed by atoms with Gasteiger partial charge in [-0.1, -0.05) is 5.16 Å². The number of nitrogen functional groups attached to an aromatic ring is 1. The van der Waals surface area contributed by atoms with Crippen molar-refractivity contribution in [3.8, 4) is 0 Å². The maximum atomic E-state index is 5.84. The highest BCUT2D eigenvalue weighted by Crippen LogP contribution is 2.21. The van der Waals surface area contributed by atoms with Gasteiger partial charge in [0.15, 0.2) is 11.6 Å². The molecule has 2 N–H and O–H groups in total. The molecule has 0 aliphatic carbocycles. The van der Waals surface area contributed by atoms with Gasteiger partial charge in [0.05, 0.1) is 18.3 Å². The second-order valence-corrected chi connectivity index (χ2v) is 6.67. The van der Waals surface area contributed by atoms with E-state index >= 15 is 0 Å². The molecule has 0 amide bonds. The molecule has 0 spiro atoms. The van der Waals surface area contributed by atoms with Crippen molar-refractivity contribution in [2.24, 2.45) is 0 Å². The average Bonchev–Trinajstić information content (AvgIpc) is 2.99. The molecule has 0 saturated carbocycles. The predicted molar refractivity (Wildman–Crippen MR) is 95.1 cm³/mol. The highest BCUT2D eigenvalue weighted by Gasteiger charge is 2.25. The molecule has 1 atom stereocenters. The van der Waals surface area contributed by atoms with Crippen molar-refractivity contribution in [1.82, 2.24) is 29.9 Å². The number of aromatic nitrogens is 4. The molecule has 9 heteroatoms. The van der Waals surface area contributed by atoms with Crippen LogP contribution < -0.4 is 10.6 Å². The van der Waals surface area contributed by atoms with Crippen molar-refractivity contribution in [2.45, 2.75) is 26.4 Å². The smallest absolute Gasteiger partial charge is 0.229 e. The summed E-state index contributed by atoms with van der Waals surface area (Å²) in [7, 11) is 3.79. The Morgan fingerprint density at radius 3 is 2.52 bits per heavy atom. The van der Waals surface area contributed by atoms with Gasteiger partial charge in [-0.2, -0.15) is 15.0 Å². The maximum Gasteiger partial charge on any atom is 0.229 e. The Morgan fingerprint density at radius 2 is 1.92 bits per heavy atom. The van der Waals surface area contributed by atoms with Gasteiger partial charge in [-0.05, 0) is 13.8 Å². The van der Waals surface area contributed by atoms with Gasteiger partial charge in [-0.25, -0.2) is 0 Å². The Balaban J connectivity index is 1.60. The molecule has 1 aliphatic rings. The summed E-state index contributed by atoms with van der Waals surface area (Å²) < 4.78 is 5.31. The molecular formula is C16H26N8O. The quantitative estimate of drug-likeness (QED) is 0.838. The summed E-state index contributed by atoms with van der Waals surface area (Å²) in [6.07, 6.45) is 0. The minimum atomic E-state index is 0.0960. The molecule has 2 aromatic rings.